The van der Waals surface area contributed by atoms with Crippen LogP contribution < -0.4 is 11.1 Å². The lowest BCUT2D eigenvalue weighted by Gasteiger charge is -2.17. The van der Waals surface area contributed by atoms with Crippen LogP contribution in [0, 0.1) is 0 Å². The Morgan fingerprint density at radius 2 is 1.43 bits per heavy atom. The van der Waals surface area contributed by atoms with Crippen LogP contribution in [-0.2, 0) is 17.6 Å². The molecule has 0 saturated heterocycles. The predicted octanol–water partition coefficient (Wildman–Crippen LogP) is 2.30. The first kappa shape index (κ1) is 15.3. The van der Waals surface area contributed by atoms with Gasteiger partial charge >= 0.3 is 0 Å². The first-order valence-electron chi connectivity index (χ1n) is 7.29. The Kier molecular flexibility index (Phi) is 5.52. The molecule has 0 aliphatic heterocycles. The molecule has 0 aliphatic rings. The molecule has 3 nitrogen and oxygen atoms in total. The first-order valence-corrected chi connectivity index (χ1v) is 7.29. The fraction of sp³-hybridized carbons (Fsp3) is 0.278. The molecule has 110 valence electrons. The largest absolute Gasteiger partial charge is 0.352 e. The van der Waals surface area contributed by atoms with Crippen molar-refractivity contribution in [2.24, 2.45) is 5.73 Å². The van der Waals surface area contributed by atoms with E-state index >= 15 is 0 Å². The molecule has 1 amide bonds. The molecule has 0 heterocycles. The van der Waals surface area contributed by atoms with Crippen LogP contribution in [0.5, 0.6) is 0 Å². The summed E-state index contributed by atoms with van der Waals surface area (Å²) in [4.78, 5) is 12.1. The van der Waals surface area contributed by atoms with Crippen molar-refractivity contribution in [3.8, 4) is 0 Å². The molecule has 3 heteroatoms. The van der Waals surface area contributed by atoms with Crippen LogP contribution in [0.25, 0.3) is 0 Å². The van der Waals surface area contributed by atoms with E-state index in [-0.39, 0.29) is 11.9 Å². The lowest BCUT2D eigenvalue weighted by atomic mass is 10.0. The number of benzene rings is 2. The summed E-state index contributed by atoms with van der Waals surface area (Å²) < 4.78 is 0. The minimum atomic E-state index is -0.509. The summed E-state index contributed by atoms with van der Waals surface area (Å²) >= 11 is 0. The van der Waals surface area contributed by atoms with Gasteiger partial charge in [0.05, 0.1) is 6.04 Å². The van der Waals surface area contributed by atoms with Crippen molar-refractivity contribution < 1.29 is 4.79 Å². The molecule has 0 aromatic heterocycles. The van der Waals surface area contributed by atoms with Crippen LogP contribution in [0.3, 0.4) is 0 Å². The molecule has 2 rings (SSSR count). The predicted molar refractivity (Wildman–Crippen MR) is 85.9 cm³/mol. The van der Waals surface area contributed by atoms with Crippen molar-refractivity contribution in [2.45, 2.75) is 31.8 Å². The molecule has 2 aromatic rings. The van der Waals surface area contributed by atoms with Gasteiger partial charge in [0, 0.05) is 6.04 Å². The monoisotopic (exact) mass is 282 g/mol. The molecular formula is C18H22N2O. The highest BCUT2D eigenvalue weighted by atomic mass is 16.2. The summed E-state index contributed by atoms with van der Waals surface area (Å²) in [6, 6.07) is 19.5. The van der Waals surface area contributed by atoms with Crippen molar-refractivity contribution in [2.75, 3.05) is 0 Å². The molecule has 0 spiro atoms. The van der Waals surface area contributed by atoms with Gasteiger partial charge in [0.15, 0.2) is 0 Å². The minimum Gasteiger partial charge on any atom is -0.352 e. The van der Waals surface area contributed by atoms with Gasteiger partial charge in [-0.1, -0.05) is 60.7 Å². The van der Waals surface area contributed by atoms with Crippen molar-refractivity contribution in [1.82, 2.24) is 5.32 Å². The second kappa shape index (κ2) is 7.60. The van der Waals surface area contributed by atoms with E-state index in [2.05, 4.69) is 17.4 Å². The maximum Gasteiger partial charge on any atom is 0.237 e. The molecule has 0 aliphatic carbocycles. The Bertz CT molecular complexity index is 554. The highest BCUT2D eigenvalue weighted by Gasteiger charge is 2.16. The molecule has 2 aromatic carbocycles. The second-order valence-corrected chi connectivity index (χ2v) is 5.40. The molecule has 2 atom stereocenters. The van der Waals surface area contributed by atoms with E-state index < -0.39 is 6.04 Å². The van der Waals surface area contributed by atoms with Gasteiger partial charge in [-0.15, -0.1) is 0 Å². The molecule has 0 saturated carbocycles. The van der Waals surface area contributed by atoms with Gasteiger partial charge < -0.3 is 11.1 Å². The number of hydrogen-bond acceptors (Lipinski definition) is 2. The Hall–Kier alpha value is -2.13. The van der Waals surface area contributed by atoms with Crippen LogP contribution in [0.15, 0.2) is 60.7 Å². The number of rotatable bonds is 6. The van der Waals surface area contributed by atoms with E-state index in [0.717, 1.165) is 12.0 Å². The van der Waals surface area contributed by atoms with E-state index in [1.165, 1.54) is 5.56 Å². The summed E-state index contributed by atoms with van der Waals surface area (Å²) in [7, 11) is 0. The van der Waals surface area contributed by atoms with Gasteiger partial charge in [0.2, 0.25) is 5.91 Å². The number of hydrogen-bond donors (Lipinski definition) is 2. The van der Waals surface area contributed by atoms with E-state index in [4.69, 9.17) is 5.73 Å². The van der Waals surface area contributed by atoms with Crippen LogP contribution in [0.4, 0.5) is 0 Å². The third-order valence-electron chi connectivity index (χ3n) is 3.41. The van der Waals surface area contributed by atoms with Crippen molar-refractivity contribution >= 4 is 5.91 Å². The van der Waals surface area contributed by atoms with Crippen LogP contribution in [-0.4, -0.2) is 18.0 Å². The molecule has 0 fully saturated rings. The van der Waals surface area contributed by atoms with Crippen LogP contribution in [0.1, 0.15) is 18.1 Å². The van der Waals surface area contributed by atoms with Crippen LogP contribution >= 0.6 is 0 Å². The highest BCUT2D eigenvalue weighted by molar-refractivity contribution is 5.82. The fourth-order valence-electron chi connectivity index (χ4n) is 2.33. The average Bonchev–Trinajstić information content (AvgIpc) is 2.49. The van der Waals surface area contributed by atoms with E-state index in [9.17, 15) is 4.79 Å². The minimum absolute atomic E-state index is 0.0710. The fourth-order valence-corrected chi connectivity index (χ4v) is 2.33. The Labute approximate surface area is 126 Å². The molecule has 21 heavy (non-hydrogen) atoms. The third-order valence-corrected chi connectivity index (χ3v) is 3.41. The molecule has 3 N–H and O–H groups in total. The number of nitrogens with two attached hydrogens (primary N) is 1. The summed E-state index contributed by atoms with van der Waals surface area (Å²) in [5.41, 5.74) is 8.27. The van der Waals surface area contributed by atoms with Crippen LogP contribution in [0.2, 0.25) is 0 Å². The topological polar surface area (TPSA) is 55.1 Å². The number of carbonyl (C=O) groups is 1. The third kappa shape index (κ3) is 5.04. The highest BCUT2D eigenvalue weighted by Crippen LogP contribution is 2.05. The van der Waals surface area contributed by atoms with Crippen molar-refractivity contribution in [3.63, 3.8) is 0 Å². The lowest BCUT2D eigenvalue weighted by Crippen LogP contribution is -2.46. The quantitative estimate of drug-likeness (QED) is 0.854. The first-order chi connectivity index (χ1) is 10.1. The zero-order valence-electron chi connectivity index (χ0n) is 12.3. The molecule has 0 bridgehead atoms. The van der Waals surface area contributed by atoms with Crippen molar-refractivity contribution in [3.05, 3.63) is 71.8 Å². The van der Waals surface area contributed by atoms with Gasteiger partial charge in [0.25, 0.3) is 0 Å². The Morgan fingerprint density at radius 3 is 1.95 bits per heavy atom. The maximum absolute atomic E-state index is 12.1. The van der Waals surface area contributed by atoms with E-state index in [0.29, 0.717) is 6.42 Å². The van der Waals surface area contributed by atoms with E-state index in [1.54, 1.807) is 0 Å². The summed E-state index contributed by atoms with van der Waals surface area (Å²) in [6.45, 7) is 2.00. The average molecular weight is 282 g/mol. The number of amides is 1. The van der Waals surface area contributed by atoms with Gasteiger partial charge in [-0.3, -0.25) is 4.79 Å². The number of nitrogens with one attached hydrogen (secondary N) is 1. The molecule has 0 unspecified atom stereocenters. The smallest absolute Gasteiger partial charge is 0.237 e. The van der Waals surface area contributed by atoms with Gasteiger partial charge in [-0.25, -0.2) is 0 Å². The van der Waals surface area contributed by atoms with Crippen molar-refractivity contribution in [1.29, 1.82) is 0 Å². The summed E-state index contributed by atoms with van der Waals surface area (Å²) in [5.74, 6) is -0.0951. The zero-order chi connectivity index (χ0) is 15.1. The normalized spacial score (nSPS) is 13.4. The zero-order valence-corrected chi connectivity index (χ0v) is 12.3. The number of carbonyl (C=O) groups excluding carboxylic acids is 1. The molecular weight excluding hydrogens is 260 g/mol. The molecule has 0 radical (unpaired) electrons. The maximum atomic E-state index is 12.1. The Balaban J connectivity index is 1.83. The SMILES string of the molecule is C[C@H](Cc1ccccc1)NC(=O)[C@@H](N)Cc1ccccc1. The summed E-state index contributed by atoms with van der Waals surface area (Å²) in [6.07, 6.45) is 1.37. The van der Waals surface area contributed by atoms with E-state index in [1.807, 2.05) is 55.5 Å². The standard InChI is InChI=1S/C18H22N2O/c1-14(12-15-8-4-2-5-9-15)20-18(21)17(19)13-16-10-6-3-7-11-16/h2-11,14,17H,12-13,19H2,1H3,(H,20,21)/t14-,17+/m1/s1. The van der Waals surface area contributed by atoms with Gasteiger partial charge in [-0.05, 0) is 30.9 Å². The Morgan fingerprint density at radius 1 is 0.952 bits per heavy atom. The van der Waals surface area contributed by atoms with Gasteiger partial charge in [-0.2, -0.15) is 0 Å². The second-order valence-electron chi connectivity index (χ2n) is 5.40. The lowest BCUT2D eigenvalue weighted by molar-refractivity contribution is -0.122. The summed E-state index contributed by atoms with van der Waals surface area (Å²) in [5, 5.41) is 2.98. The van der Waals surface area contributed by atoms with Gasteiger partial charge in [0.1, 0.15) is 0 Å².